The van der Waals surface area contributed by atoms with Crippen LogP contribution in [0.25, 0.3) is 6.08 Å². The zero-order valence-corrected chi connectivity index (χ0v) is 14.4. The minimum atomic E-state index is -0.361. The first-order valence-electron chi connectivity index (χ1n) is 7.21. The monoisotopic (exact) mass is 358 g/mol. The molecule has 1 aliphatic heterocycles. The van der Waals surface area contributed by atoms with Crippen LogP contribution in [0.3, 0.4) is 0 Å². The number of furan rings is 1. The molecule has 2 amide bonds. The summed E-state index contributed by atoms with van der Waals surface area (Å²) in [4.78, 5) is 24.9. The molecule has 0 atom stereocenters. The molecule has 1 aromatic heterocycles. The fourth-order valence-corrected chi connectivity index (χ4v) is 3.33. The molecule has 122 valence electrons. The van der Waals surface area contributed by atoms with Gasteiger partial charge in [-0.2, -0.15) is 5.01 Å². The van der Waals surface area contributed by atoms with E-state index < -0.39 is 0 Å². The number of thiocarbonyl (C=S) groups is 1. The number of amides is 2. The molecule has 24 heavy (non-hydrogen) atoms. The average molecular weight is 358 g/mol. The van der Waals surface area contributed by atoms with Crippen molar-refractivity contribution in [3.05, 3.63) is 64.5 Å². The van der Waals surface area contributed by atoms with Crippen molar-refractivity contribution in [2.24, 2.45) is 0 Å². The van der Waals surface area contributed by atoms with Gasteiger partial charge < -0.3 is 4.42 Å². The second-order valence-corrected chi connectivity index (χ2v) is 6.84. The minimum absolute atomic E-state index is 0.175. The van der Waals surface area contributed by atoms with Gasteiger partial charge in [-0.25, -0.2) is 0 Å². The Bertz CT molecular complexity index is 827. The Kier molecular flexibility index (Phi) is 4.82. The van der Waals surface area contributed by atoms with Gasteiger partial charge in [0.1, 0.15) is 11.5 Å². The highest BCUT2D eigenvalue weighted by Crippen LogP contribution is 2.31. The van der Waals surface area contributed by atoms with Crippen LogP contribution in [-0.4, -0.2) is 21.1 Å². The minimum Gasteiger partial charge on any atom is -0.462 e. The van der Waals surface area contributed by atoms with Gasteiger partial charge in [0.2, 0.25) is 5.91 Å². The summed E-state index contributed by atoms with van der Waals surface area (Å²) in [6.45, 7) is 1.83. The molecule has 7 heteroatoms. The van der Waals surface area contributed by atoms with E-state index in [4.69, 9.17) is 16.6 Å². The molecule has 0 saturated carbocycles. The Morgan fingerprint density at radius 2 is 2.04 bits per heavy atom. The number of carbonyl (C=O) groups is 2. The summed E-state index contributed by atoms with van der Waals surface area (Å²) in [7, 11) is 0. The van der Waals surface area contributed by atoms with E-state index in [-0.39, 0.29) is 22.6 Å². The van der Waals surface area contributed by atoms with E-state index in [1.54, 1.807) is 12.1 Å². The largest absolute Gasteiger partial charge is 0.462 e. The maximum absolute atomic E-state index is 12.4. The number of aryl methyl sites for hydroxylation is 1. The highest BCUT2D eigenvalue weighted by Gasteiger charge is 2.33. The van der Waals surface area contributed by atoms with Gasteiger partial charge in [0, 0.05) is 6.08 Å². The summed E-state index contributed by atoms with van der Waals surface area (Å²) < 4.78 is 5.72. The molecule has 1 N–H and O–H groups in total. The van der Waals surface area contributed by atoms with E-state index in [9.17, 15) is 9.59 Å². The van der Waals surface area contributed by atoms with Crippen LogP contribution in [0.15, 0.2) is 51.8 Å². The Balaban J connectivity index is 1.68. The first kappa shape index (κ1) is 16.5. The number of benzene rings is 1. The molecule has 1 fully saturated rings. The summed E-state index contributed by atoms with van der Waals surface area (Å²) in [5, 5.41) is 1.10. The molecule has 1 aliphatic rings. The summed E-state index contributed by atoms with van der Waals surface area (Å²) >= 11 is 6.31. The molecular formula is C17H14N2O3S2. The van der Waals surface area contributed by atoms with Crippen LogP contribution in [-0.2, 0) is 16.0 Å². The van der Waals surface area contributed by atoms with E-state index in [0.29, 0.717) is 10.7 Å². The van der Waals surface area contributed by atoms with Gasteiger partial charge in [0.15, 0.2) is 4.32 Å². The van der Waals surface area contributed by atoms with Crippen LogP contribution in [0.5, 0.6) is 0 Å². The van der Waals surface area contributed by atoms with Crippen molar-refractivity contribution < 1.29 is 14.0 Å². The second kappa shape index (κ2) is 7.02. The number of hydrazine groups is 1. The number of rotatable bonds is 4. The molecule has 0 unspecified atom stereocenters. The van der Waals surface area contributed by atoms with Crippen LogP contribution < -0.4 is 5.43 Å². The first-order valence-corrected chi connectivity index (χ1v) is 8.43. The van der Waals surface area contributed by atoms with Gasteiger partial charge in [-0.05, 0) is 36.8 Å². The van der Waals surface area contributed by atoms with E-state index in [0.717, 1.165) is 28.1 Å². The molecule has 0 bridgehead atoms. The van der Waals surface area contributed by atoms with Crippen molar-refractivity contribution in [1.82, 2.24) is 10.4 Å². The van der Waals surface area contributed by atoms with Gasteiger partial charge in [-0.1, -0.05) is 42.1 Å². The van der Waals surface area contributed by atoms with Crippen molar-refractivity contribution in [3.63, 3.8) is 0 Å². The molecule has 1 saturated heterocycles. The zero-order chi connectivity index (χ0) is 17.1. The predicted octanol–water partition coefficient (Wildman–Crippen LogP) is 3.06. The number of thioether (sulfide) groups is 1. The van der Waals surface area contributed by atoms with Crippen molar-refractivity contribution in [2.45, 2.75) is 13.3 Å². The highest BCUT2D eigenvalue weighted by molar-refractivity contribution is 8.26. The highest BCUT2D eigenvalue weighted by atomic mass is 32.2. The number of hydrogen-bond acceptors (Lipinski definition) is 5. The number of nitrogens with zero attached hydrogens (tertiary/aromatic N) is 1. The molecular weight excluding hydrogens is 344 g/mol. The normalized spacial score (nSPS) is 16.0. The smallest absolute Gasteiger partial charge is 0.285 e. The Morgan fingerprint density at radius 1 is 1.29 bits per heavy atom. The van der Waals surface area contributed by atoms with E-state index in [2.05, 4.69) is 5.43 Å². The number of nitrogens with one attached hydrogen (secondary N) is 1. The molecule has 2 aromatic rings. The molecule has 0 radical (unpaired) electrons. The standard InChI is InChI=1S/C17H14N2O3S2/c1-11-7-8-13(22-11)10-14-16(21)19(17(23)24-14)18-15(20)9-12-5-3-2-4-6-12/h2-8,10H,9H2,1H3,(H,18,20)/b14-10+. The van der Waals surface area contributed by atoms with Crippen LogP contribution in [0.4, 0.5) is 0 Å². The van der Waals surface area contributed by atoms with Gasteiger partial charge in [0.25, 0.3) is 5.91 Å². The summed E-state index contributed by atoms with van der Waals surface area (Å²) in [5.41, 5.74) is 3.42. The molecule has 3 rings (SSSR count). The second-order valence-electron chi connectivity index (χ2n) is 5.16. The molecule has 0 spiro atoms. The van der Waals surface area contributed by atoms with E-state index in [1.165, 1.54) is 0 Å². The maximum Gasteiger partial charge on any atom is 0.285 e. The third-order valence-electron chi connectivity index (χ3n) is 3.27. The van der Waals surface area contributed by atoms with Crippen LogP contribution >= 0.6 is 24.0 Å². The van der Waals surface area contributed by atoms with Crippen molar-refractivity contribution >= 4 is 46.2 Å². The lowest BCUT2D eigenvalue weighted by Crippen LogP contribution is -2.45. The molecule has 2 heterocycles. The third-order valence-corrected chi connectivity index (χ3v) is 4.57. The van der Waals surface area contributed by atoms with Gasteiger partial charge >= 0.3 is 0 Å². The van der Waals surface area contributed by atoms with Gasteiger partial charge in [-0.15, -0.1) is 0 Å². The number of carbonyl (C=O) groups excluding carboxylic acids is 2. The van der Waals surface area contributed by atoms with Gasteiger partial charge in [-0.3, -0.25) is 15.0 Å². The summed E-state index contributed by atoms with van der Waals surface area (Å²) in [5.74, 6) is 0.671. The quantitative estimate of drug-likeness (QED) is 0.672. The van der Waals surface area contributed by atoms with Crippen LogP contribution in [0.2, 0.25) is 0 Å². The lowest BCUT2D eigenvalue weighted by atomic mass is 10.1. The Morgan fingerprint density at radius 3 is 2.71 bits per heavy atom. The molecule has 1 aromatic carbocycles. The van der Waals surface area contributed by atoms with Crippen molar-refractivity contribution in [1.29, 1.82) is 0 Å². The lowest BCUT2D eigenvalue weighted by molar-refractivity contribution is -0.132. The van der Waals surface area contributed by atoms with Crippen molar-refractivity contribution in [2.75, 3.05) is 0 Å². The molecule has 5 nitrogen and oxygen atoms in total. The fraction of sp³-hybridized carbons (Fsp3) is 0.118. The Labute approximate surface area is 148 Å². The van der Waals surface area contributed by atoms with Crippen LogP contribution in [0, 0.1) is 6.92 Å². The Hall–Kier alpha value is -2.38. The lowest BCUT2D eigenvalue weighted by Gasteiger charge is -2.15. The van der Waals surface area contributed by atoms with Crippen molar-refractivity contribution in [3.8, 4) is 0 Å². The average Bonchev–Trinajstić information content (AvgIpc) is 3.07. The molecule has 0 aliphatic carbocycles. The topological polar surface area (TPSA) is 62.6 Å². The van der Waals surface area contributed by atoms with E-state index >= 15 is 0 Å². The fourth-order valence-electron chi connectivity index (χ4n) is 2.17. The summed E-state index contributed by atoms with van der Waals surface area (Å²) in [6, 6.07) is 12.9. The third kappa shape index (κ3) is 3.74. The first-order chi connectivity index (χ1) is 11.5. The van der Waals surface area contributed by atoms with Gasteiger partial charge in [0.05, 0.1) is 11.3 Å². The maximum atomic E-state index is 12.4. The summed E-state index contributed by atoms with van der Waals surface area (Å²) in [6.07, 6.45) is 1.80. The SMILES string of the molecule is Cc1ccc(/C=C2/SC(=S)N(NC(=O)Cc3ccccc3)C2=O)o1. The zero-order valence-electron chi connectivity index (χ0n) is 12.8. The predicted molar refractivity (Wildman–Crippen MR) is 96.7 cm³/mol. The van der Waals surface area contributed by atoms with Crippen LogP contribution in [0.1, 0.15) is 17.1 Å². The van der Waals surface area contributed by atoms with E-state index in [1.807, 2.05) is 43.3 Å². The number of hydrogen-bond donors (Lipinski definition) is 1.